The van der Waals surface area contributed by atoms with Gasteiger partial charge in [-0.25, -0.2) is 0 Å². The Bertz CT molecular complexity index is 170. The molecular weight excluding hydrogens is 212 g/mol. The van der Waals surface area contributed by atoms with Gasteiger partial charge in [0.2, 0.25) is 0 Å². The van der Waals surface area contributed by atoms with Crippen LogP contribution in [-0.4, -0.2) is 38.9 Å². The van der Waals surface area contributed by atoms with Crippen LogP contribution < -0.4 is 10.6 Å². The first-order valence-corrected chi connectivity index (χ1v) is 7.38. The molecule has 3 nitrogen and oxygen atoms in total. The summed E-state index contributed by atoms with van der Waals surface area (Å²) in [6, 6.07) is 0.562. The van der Waals surface area contributed by atoms with Crippen LogP contribution in [0.5, 0.6) is 0 Å². The maximum absolute atomic E-state index is 5.44. The molecule has 2 atom stereocenters. The molecule has 0 amide bonds. The average Bonchev–Trinajstić information content (AvgIpc) is 2.39. The van der Waals surface area contributed by atoms with Crippen molar-refractivity contribution in [1.29, 1.82) is 0 Å². The van der Waals surface area contributed by atoms with E-state index in [1.807, 2.05) is 0 Å². The zero-order chi connectivity index (χ0) is 12.3. The molecule has 2 N–H and O–H groups in total. The minimum Gasteiger partial charge on any atom is -0.379 e. The molecule has 3 heteroatoms. The van der Waals surface area contributed by atoms with E-state index < -0.39 is 0 Å². The largest absolute Gasteiger partial charge is 0.379 e. The van der Waals surface area contributed by atoms with E-state index >= 15 is 0 Å². The van der Waals surface area contributed by atoms with Crippen LogP contribution in [0.2, 0.25) is 0 Å². The molecule has 17 heavy (non-hydrogen) atoms. The Kier molecular flexibility index (Phi) is 8.67. The summed E-state index contributed by atoms with van der Waals surface area (Å²) >= 11 is 0. The van der Waals surface area contributed by atoms with Gasteiger partial charge in [0.1, 0.15) is 0 Å². The molecule has 0 aliphatic carbocycles. The molecule has 0 bridgehead atoms. The topological polar surface area (TPSA) is 33.3 Å². The maximum atomic E-state index is 5.44. The predicted octanol–water partition coefficient (Wildman–Crippen LogP) is 2.17. The van der Waals surface area contributed by atoms with Crippen molar-refractivity contribution in [1.82, 2.24) is 10.6 Å². The van der Waals surface area contributed by atoms with Gasteiger partial charge >= 0.3 is 0 Å². The van der Waals surface area contributed by atoms with E-state index in [1.165, 1.54) is 38.6 Å². The van der Waals surface area contributed by atoms with Crippen molar-refractivity contribution in [3.63, 3.8) is 0 Å². The normalized spacial score (nSPS) is 22.6. The van der Waals surface area contributed by atoms with Crippen LogP contribution in [0.1, 0.15) is 46.0 Å². The summed E-state index contributed by atoms with van der Waals surface area (Å²) in [7, 11) is 0. The Morgan fingerprint density at radius 2 is 2.29 bits per heavy atom. The molecule has 0 saturated carbocycles. The number of rotatable bonds is 9. The Labute approximate surface area is 107 Å². The van der Waals surface area contributed by atoms with E-state index in [2.05, 4.69) is 24.5 Å². The molecule has 1 fully saturated rings. The van der Waals surface area contributed by atoms with Crippen LogP contribution in [0, 0.1) is 5.92 Å². The van der Waals surface area contributed by atoms with Crippen LogP contribution in [-0.2, 0) is 4.74 Å². The summed E-state index contributed by atoms with van der Waals surface area (Å²) in [4.78, 5) is 0. The fraction of sp³-hybridized carbons (Fsp3) is 1.00. The van der Waals surface area contributed by atoms with Crippen molar-refractivity contribution >= 4 is 0 Å². The molecule has 0 aromatic carbocycles. The molecule has 0 radical (unpaired) electrons. The minimum atomic E-state index is 0.562. The van der Waals surface area contributed by atoms with Crippen LogP contribution in [0.3, 0.4) is 0 Å². The highest BCUT2D eigenvalue weighted by Crippen LogP contribution is 2.11. The summed E-state index contributed by atoms with van der Waals surface area (Å²) < 4.78 is 5.44. The number of nitrogens with one attached hydrogen (secondary N) is 2. The van der Waals surface area contributed by atoms with Gasteiger partial charge in [-0.2, -0.15) is 0 Å². The molecule has 1 aliphatic heterocycles. The van der Waals surface area contributed by atoms with Crippen LogP contribution in [0.4, 0.5) is 0 Å². The summed E-state index contributed by atoms with van der Waals surface area (Å²) in [5.74, 6) is 0.866. The SMILES string of the molecule is CCCCC(CC)CNCCC1COCCN1. The Morgan fingerprint density at radius 1 is 1.41 bits per heavy atom. The Balaban J connectivity index is 1.97. The fourth-order valence-electron chi connectivity index (χ4n) is 2.33. The van der Waals surface area contributed by atoms with Gasteiger partial charge in [0, 0.05) is 12.6 Å². The molecule has 1 rings (SSSR count). The van der Waals surface area contributed by atoms with Gasteiger partial charge in [-0.3, -0.25) is 0 Å². The van der Waals surface area contributed by atoms with E-state index in [4.69, 9.17) is 4.74 Å². The Morgan fingerprint density at radius 3 is 2.94 bits per heavy atom. The minimum absolute atomic E-state index is 0.562. The Hall–Kier alpha value is -0.120. The second-order valence-corrected chi connectivity index (χ2v) is 5.14. The number of hydrogen-bond donors (Lipinski definition) is 2. The zero-order valence-electron chi connectivity index (χ0n) is 11.6. The number of morpholine rings is 1. The third-order valence-electron chi connectivity index (χ3n) is 3.64. The van der Waals surface area contributed by atoms with E-state index in [0.29, 0.717) is 6.04 Å². The summed E-state index contributed by atoms with van der Waals surface area (Å²) in [6.07, 6.45) is 6.56. The number of unbranched alkanes of at least 4 members (excludes halogenated alkanes) is 1. The zero-order valence-corrected chi connectivity index (χ0v) is 11.6. The molecular formula is C14H30N2O. The van der Waals surface area contributed by atoms with E-state index in [1.54, 1.807) is 0 Å². The average molecular weight is 242 g/mol. The van der Waals surface area contributed by atoms with Gasteiger partial charge < -0.3 is 15.4 Å². The summed E-state index contributed by atoms with van der Waals surface area (Å²) in [6.45, 7) is 9.65. The van der Waals surface area contributed by atoms with Crippen molar-refractivity contribution in [2.75, 3.05) is 32.8 Å². The van der Waals surface area contributed by atoms with E-state index in [-0.39, 0.29) is 0 Å². The first-order chi connectivity index (χ1) is 8.36. The lowest BCUT2D eigenvalue weighted by molar-refractivity contribution is 0.0742. The third-order valence-corrected chi connectivity index (χ3v) is 3.64. The van der Waals surface area contributed by atoms with Gasteiger partial charge in [-0.15, -0.1) is 0 Å². The van der Waals surface area contributed by atoms with Gasteiger partial charge in [-0.05, 0) is 31.8 Å². The van der Waals surface area contributed by atoms with Crippen LogP contribution in [0.15, 0.2) is 0 Å². The first-order valence-electron chi connectivity index (χ1n) is 7.38. The second-order valence-electron chi connectivity index (χ2n) is 5.14. The smallest absolute Gasteiger partial charge is 0.0620 e. The quantitative estimate of drug-likeness (QED) is 0.608. The number of hydrogen-bond acceptors (Lipinski definition) is 3. The lowest BCUT2D eigenvalue weighted by Gasteiger charge is -2.24. The molecule has 1 heterocycles. The monoisotopic (exact) mass is 242 g/mol. The molecule has 0 aromatic rings. The molecule has 0 aromatic heterocycles. The number of ether oxygens (including phenoxy) is 1. The lowest BCUT2D eigenvalue weighted by atomic mass is 9.99. The summed E-state index contributed by atoms with van der Waals surface area (Å²) in [5.41, 5.74) is 0. The van der Waals surface area contributed by atoms with Gasteiger partial charge in [0.25, 0.3) is 0 Å². The first kappa shape index (κ1) is 14.9. The third kappa shape index (κ3) is 7.02. The van der Waals surface area contributed by atoms with Crippen molar-refractivity contribution in [2.45, 2.75) is 52.0 Å². The predicted molar refractivity (Wildman–Crippen MR) is 73.4 cm³/mol. The molecule has 102 valence electrons. The van der Waals surface area contributed by atoms with E-state index in [9.17, 15) is 0 Å². The standard InChI is InChI=1S/C14H30N2O/c1-3-5-6-13(4-2)11-15-8-7-14-12-17-10-9-16-14/h13-16H,3-12H2,1-2H3. The van der Waals surface area contributed by atoms with Gasteiger partial charge in [0.05, 0.1) is 13.2 Å². The van der Waals surface area contributed by atoms with Gasteiger partial charge in [-0.1, -0.05) is 33.1 Å². The van der Waals surface area contributed by atoms with Crippen LogP contribution >= 0.6 is 0 Å². The highest BCUT2D eigenvalue weighted by Gasteiger charge is 2.12. The molecule has 1 saturated heterocycles. The van der Waals surface area contributed by atoms with Crippen LogP contribution in [0.25, 0.3) is 0 Å². The summed E-state index contributed by atoms with van der Waals surface area (Å²) in [5, 5.41) is 7.09. The molecule has 1 aliphatic rings. The van der Waals surface area contributed by atoms with Crippen molar-refractivity contribution < 1.29 is 4.74 Å². The van der Waals surface area contributed by atoms with E-state index in [0.717, 1.165) is 32.2 Å². The fourth-order valence-corrected chi connectivity index (χ4v) is 2.33. The lowest BCUT2D eigenvalue weighted by Crippen LogP contribution is -2.43. The van der Waals surface area contributed by atoms with Crippen molar-refractivity contribution in [3.8, 4) is 0 Å². The van der Waals surface area contributed by atoms with Gasteiger partial charge in [0.15, 0.2) is 0 Å². The maximum Gasteiger partial charge on any atom is 0.0620 e. The highest BCUT2D eigenvalue weighted by atomic mass is 16.5. The second kappa shape index (κ2) is 9.86. The molecule has 2 unspecified atom stereocenters. The molecule has 0 spiro atoms. The van der Waals surface area contributed by atoms with Crippen molar-refractivity contribution in [3.05, 3.63) is 0 Å². The van der Waals surface area contributed by atoms with Crippen molar-refractivity contribution in [2.24, 2.45) is 5.92 Å². The highest BCUT2D eigenvalue weighted by molar-refractivity contribution is 4.71.